The monoisotopic (exact) mass is 940 g/mol. The Hall–Kier alpha value is -7.36. The summed E-state index contributed by atoms with van der Waals surface area (Å²) in [5.41, 5.74) is 2.92. The molecule has 21 heteroatoms. The first-order valence-electron chi connectivity index (χ1n) is 21.9. The Morgan fingerprint density at radius 3 is 2.28 bits per heavy atom. The van der Waals surface area contributed by atoms with E-state index in [1.807, 2.05) is 24.3 Å². The van der Waals surface area contributed by atoms with Gasteiger partial charge in [-0.05, 0) is 78.9 Å². The Kier molecular flexibility index (Phi) is 14.9. The normalized spacial score (nSPS) is 14.9. The van der Waals surface area contributed by atoms with E-state index in [9.17, 15) is 37.1 Å². The van der Waals surface area contributed by atoms with E-state index in [-0.39, 0.29) is 74.8 Å². The quantitative estimate of drug-likeness (QED) is 0.0554. The van der Waals surface area contributed by atoms with Crippen molar-refractivity contribution in [3.05, 3.63) is 123 Å². The van der Waals surface area contributed by atoms with E-state index in [1.54, 1.807) is 36.5 Å². The van der Waals surface area contributed by atoms with Crippen LogP contribution in [0.2, 0.25) is 0 Å². The van der Waals surface area contributed by atoms with E-state index in [1.165, 1.54) is 21.7 Å². The number of aromatic amines is 2. The lowest BCUT2D eigenvalue weighted by molar-refractivity contribution is -0.138. The maximum Gasteiger partial charge on any atom is 0.416 e. The van der Waals surface area contributed by atoms with E-state index in [4.69, 9.17) is 23.7 Å². The van der Waals surface area contributed by atoms with Crippen LogP contribution in [0.3, 0.4) is 0 Å². The highest BCUT2D eigenvalue weighted by molar-refractivity contribution is 6.05. The van der Waals surface area contributed by atoms with Gasteiger partial charge in [0, 0.05) is 35.9 Å². The van der Waals surface area contributed by atoms with Crippen molar-refractivity contribution < 1.29 is 56.0 Å². The second-order valence-electron chi connectivity index (χ2n) is 15.8. The lowest BCUT2D eigenvalue weighted by Gasteiger charge is -2.29. The number of ether oxygens (including phenoxy) is 5. The molecular formula is C47H47F3N8O10. The van der Waals surface area contributed by atoms with Crippen molar-refractivity contribution in [2.45, 2.75) is 44.4 Å². The summed E-state index contributed by atoms with van der Waals surface area (Å²) in [4.78, 5) is 76.2. The van der Waals surface area contributed by atoms with Crippen LogP contribution in [-0.2, 0) is 54.2 Å². The summed E-state index contributed by atoms with van der Waals surface area (Å²) in [6.07, 6.45) is -1.78. The number of nitrogens with zero attached hydrogens (tertiary/aromatic N) is 4. The fourth-order valence-corrected chi connectivity index (χ4v) is 7.79. The molecule has 6 aromatic rings. The first-order valence-corrected chi connectivity index (χ1v) is 21.9. The standard InChI is InChI=1S/C47H47F3N8O10/c48-47(49,50)31-11-9-30(10-12-31)41-34(45(63)58(56-41)46-53-36-4-2-18-52-42(36)55-46)15-8-29-6-13-32(14-7-29)67-26-25-66-24-23-65-22-21-64-20-19-51-40(60)28-68-38-5-1-3-33-35(38)27-57(44(33)62)37-16-17-39(59)54-43(37)61/h1-7,9-14,18,37,56H,8,15-17,19-28H2,(H,51,60)(H,52,53,55)(H,54,59,61). The fourth-order valence-electron chi connectivity index (χ4n) is 7.79. The van der Waals surface area contributed by atoms with Crippen molar-refractivity contribution in [2.24, 2.45) is 0 Å². The van der Waals surface area contributed by atoms with Crippen molar-refractivity contribution in [3.8, 4) is 28.7 Å². The minimum Gasteiger partial charge on any atom is -0.491 e. The van der Waals surface area contributed by atoms with Crippen LogP contribution in [0, 0.1) is 0 Å². The van der Waals surface area contributed by atoms with Gasteiger partial charge in [0.2, 0.25) is 17.8 Å². The molecule has 1 saturated heterocycles. The van der Waals surface area contributed by atoms with Gasteiger partial charge in [-0.1, -0.05) is 30.3 Å². The molecule has 5 heterocycles. The summed E-state index contributed by atoms with van der Waals surface area (Å²) < 4.78 is 69.4. The first-order chi connectivity index (χ1) is 32.9. The number of H-pyrrole nitrogens is 2. The van der Waals surface area contributed by atoms with Gasteiger partial charge in [0.15, 0.2) is 12.3 Å². The number of rotatable bonds is 22. The Labute approximate surface area is 386 Å². The molecule has 0 spiro atoms. The van der Waals surface area contributed by atoms with Crippen molar-refractivity contribution in [3.63, 3.8) is 0 Å². The van der Waals surface area contributed by atoms with Gasteiger partial charge in [-0.2, -0.15) is 22.8 Å². The molecule has 3 aromatic carbocycles. The number of nitrogens with one attached hydrogen (secondary N) is 4. The number of halogens is 3. The molecule has 0 aliphatic carbocycles. The predicted molar refractivity (Wildman–Crippen MR) is 237 cm³/mol. The summed E-state index contributed by atoms with van der Waals surface area (Å²) in [5, 5.41) is 8.04. The summed E-state index contributed by atoms with van der Waals surface area (Å²) in [7, 11) is 0. The molecule has 4 amide bonds. The van der Waals surface area contributed by atoms with Crippen molar-refractivity contribution in [1.82, 2.24) is 40.3 Å². The van der Waals surface area contributed by atoms with Gasteiger partial charge >= 0.3 is 6.18 Å². The number of imidazole rings is 1. The number of fused-ring (bicyclic) bond motifs is 2. The lowest BCUT2D eigenvalue weighted by Crippen LogP contribution is -2.52. The summed E-state index contributed by atoms with van der Waals surface area (Å²) >= 11 is 0. The molecule has 0 saturated carbocycles. The highest BCUT2D eigenvalue weighted by atomic mass is 19.4. The van der Waals surface area contributed by atoms with E-state index in [0.29, 0.717) is 96.7 Å². The Bertz CT molecular complexity index is 2780. The number of benzene rings is 3. The molecule has 1 unspecified atom stereocenters. The average Bonchev–Trinajstić information content (AvgIpc) is 4.02. The van der Waals surface area contributed by atoms with Crippen molar-refractivity contribution >= 4 is 34.8 Å². The number of piperidine rings is 1. The molecule has 8 rings (SSSR count). The summed E-state index contributed by atoms with van der Waals surface area (Å²) in [6, 6.07) is 19.7. The third-order valence-electron chi connectivity index (χ3n) is 11.2. The molecule has 0 radical (unpaired) electrons. The first kappa shape index (κ1) is 47.1. The third-order valence-corrected chi connectivity index (χ3v) is 11.2. The van der Waals surface area contributed by atoms with Crippen LogP contribution in [-0.4, -0.2) is 119 Å². The highest BCUT2D eigenvalue weighted by Gasteiger charge is 2.40. The molecule has 3 aromatic heterocycles. The summed E-state index contributed by atoms with van der Waals surface area (Å²) in [5.74, 6) is -0.374. The van der Waals surface area contributed by atoms with Gasteiger partial charge in [-0.25, -0.2) is 4.98 Å². The van der Waals surface area contributed by atoms with Gasteiger partial charge in [0.25, 0.3) is 17.4 Å². The number of amides is 4. The zero-order valence-corrected chi connectivity index (χ0v) is 36.6. The van der Waals surface area contributed by atoms with Crippen molar-refractivity contribution in [1.29, 1.82) is 0 Å². The van der Waals surface area contributed by atoms with E-state index in [0.717, 1.165) is 17.7 Å². The minimum absolute atomic E-state index is 0.134. The van der Waals surface area contributed by atoms with Gasteiger partial charge in [0.05, 0.1) is 63.0 Å². The molecule has 18 nitrogen and oxygen atoms in total. The lowest BCUT2D eigenvalue weighted by atomic mass is 10.0. The second kappa shape index (κ2) is 21.5. The number of aromatic nitrogens is 5. The number of aryl methyl sites for hydroxylation is 1. The van der Waals surface area contributed by atoms with Crippen LogP contribution in [0.25, 0.3) is 28.4 Å². The van der Waals surface area contributed by atoms with E-state index >= 15 is 0 Å². The zero-order valence-electron chi connectivity index (χ0n) is 36.6. The number of alkyl halides is 3. The third kappa shape index (κ3) is 11.4. The van der Waals surface area contributed by atoms with Gasteiger partial charge < -0.3 is 38.9 Å². The fraction of sp³-hybridized carbons (Fsp3) is 0.340. The highest BCUT2D eigenvalue weighted by Crippen LogP contribution is 2.34. The van der Waals surface area contributed by atoms with Gasteiger partial charge in [0.1, 0.15) is 24.1 Å². The van der Waals surface area contributed by atoms with Crippen LogP contribution < -0.4 is 25.7 Å². The molecular weight excluding hydrogens is 894 g/mol. The van der Waals surface area contributed by atoms with Crippen LogP contribution in [0.4, 0.5) is 13.2 Å². The zero-order chi connectivity index (χ0) is 47.6. The molecule has 1 atom stereocenters. The smallest absolute Gasteiger partial charge is 0.416 e. The number of pyridine rings is 1. The van der Waals surface area contributed by atoms with Gasteiger partial charge in [-0.15, -0.1) is 0 Å². The predicted octanol–water partition coefficient (Wildman–Crippen LogP) is 4.29. The van der Waals surface area contributed by atoms with Crippen LogP contribution >= 0.6 is 0 Å². The average molecular weight is 941 g/mol. The van der Waals surface area contributed by atoms with Crippen molar-refractivity contribution in [2.75, 3.05) is 59.4 Å². The maximum absolute atomic E-state index is 13.8. The van der Waals surface area contributed by atoms with Crippen LogP contribution in [0.15, 0.2) is 89.9 Å². The largest absolute Gasteiger partial charge is 0.491 e. The molecule has 68 heavy (non-hydrogen) atoms. The maximum atomic E-state index is 13.8. The summed E-state index contributed by atoms with van der Waals surface area (Å²) in [6.45, 7) is 2.30. The Balaban J connectivity index is 0.688. The minimum atomic E-state index is -4.50. The SMILES string of the molecule is O=C(COc1cccc2c1CN(C1CCC(=O)NC1=O)C2=O)NCCOCCOCCOCCOc1ccc(CCc2c(-c3ccc(C(F)(F)F)cc3)[nH]n(-c3nc4ncccc4[nH]3)c2=O)cc1. The number of hydrogen-bond donors (Lipinski definition) is 4. The molecule has 0 bridgehead atoms. The Morgan fingerprint density at radius 2 is 1.56 bits per heavy atom. The molecule has 2 aliphatic rings. The van der Waals surface area contributed by atoms with Crippen LogP contribution in [0.5, 0.6) is 11.5 Å². The number of imide groups is 1. The molecule has 4 N–H and O–H groups in total. The van der Waals surface area contributed by atoms with Gasteiger partial charge in [-0.3, -0.25) is 34.4 Å². The topological polar surface area (TPSA) is 221 Å². The van der Waals surface area contributed by atoms with E-state index < -0.39 is 23.7 Å². The molecule has 2 aliphatic heterocycles. The number of carbonyl (C=O) groups is 4. The second-order valence-corrected chi connectivity index (χ2v) is 15.8. The van der Waals surface area contributed by atoms with Crippen LogP contribution in [0.1, 0.15) is 45.5 Å². The molecule has 356 valence electrons. The Morgan fingerprint density at radius 1 is 0.824 bits per heavy atom. The molecule has 1 fully saturated rings. The van der Waals surface area contributed by atoms with E-state index in [2.05, 4.69) is 30.7 Å². The number of carbonyl (C=O) groups excluding carboxylic acids is 4. The number of hydrogen-bond acceptors (Lipinski definition) is 12.